The van der Waals surface area contributed by atoms with E-state index in [1.165, 1.54) is 0 Å². The zero-order valence-corrected chi connectivity index (χ0v) is 40.9. The molecule has 338 valence electrons. The van der Waals surface area contributed by atoms with E-state index in [-0.39, 0.29) is 44.9 Å². The molecule has 0 amide bonds. The van der Waals surface area contributed by atoms with Crippen molar-refractivity contribution in [2.24, 2.45) is 0 Å². The summed E-state index contributed by atoms with van der Waals surface area (Å²) in [5.74, 6) is 0.895. The van der Waals surface area contributed by atoms with Crippen molar-refractivity contribution in [3.05, 3.63) is 184 Å². The Morgan fingerprint density at radius 1 is 0.642 bits per heavy atom. The number of pyridine rings is 1. The SMILES string of the molecule is [2H]c1c([2H])c([2H])c(-c2cc(C(C)(C)C)cc(-c3c([2H])c([2H])c([2H])c([2H])c3[2H])c2-n2[c](=[Pt])n(-c3[c-]c(Oc4[c-]c5c(cc4)-c4cc(C(C)(C)C)nn4B(C([2H])([2H])[2H])N5c4cc(C(C)(C)C)ccn4)ccc3)c3ccccc32)c([2H])c1[2H]. The number of benzene rings is 6. The van der Waals surface area contributed by atoms with Crippen molar-refractivity contribution in [2.75, 3.05) is 4.81 Å². The zero-order valence-electron chi connectivity index (χ0n) is 51.6. The molecular weight excluding hydrogens is 1000 g/mol. The Kier molecular flexibility index (Phi) is 7.83. The van der Waals surface area contributed by atoms with E-state index in [2.05, 4.69) is 52.3 Å². The number of imidazole rings is 1. The van der Waals surface area contributed by atoms with Gasteiger partial charge in [0, 0.05) is 15.7 Å². The van der Waals surface area contributed by atoms with Crippen molar-refractivity contribution in [3.8, 4) is 56.4 Å². The third kappa shape index (κ3) is 8.14. The predicted molar refractivity (Wildman–Crippen MR) is 272 cm³/mol. The Hall–Kier alpha value is -6.50. The Bertz CT molecular complexity index is 3960. The summed E-state index contributed by atoms with van der Waals surface area (Å²) in [6.07, 6.45) is 1.68. The first-order valence-corrected chi connectivity index (χ1v) is 23.1. The van der Waals surface area contributed by atoms with Crippen LogP contribution in [0.4, 0.5) is 11.5 Å². The van der Waals surface area contributed by atoms with Gasteiger partial charge in [-0.15, -0.1) is 0 Å². The molecule has 0 saturated carbocycles. The second-order valence-corrected chi connectivity index (χ2v) is 20.7. The van der Waals surface area contributed by atoms with Gasteiger partial charge in [0.15, 0.2) is 0 Å². The molecule has 0 radical (unpaired) electrons. The topological polar surface area (TPSA) is 53.0 Å². The average molecular weight is 1070 g/mol. The minimum atomic E-state index is -2.60. The number of nitrogens with zero attached hydrogens (tertiary/aromatic N) is 6. The number of hydrogen-bond acceptors (Lipinski definition) is 4. The average Bonchev–Trinajstić information content (AvgIpc) is 3.99. The monoisotopic (exact) mass is 1070 g/mol. The molecule has 0 fully saturated rings. The van der Waals surface area contributed by atoms with Crippen LogP contribution in [0.3, 0.4) is 0 Å². The minimum absolute atomic E-state index is 0.144. The molecule has 67 heavy (non-hydrogen) atoms. The maximum atomic E-state index is 9.31. The first-order chi connectivity index (χ1) is 37.3. The van der Waals surface area contributed by atoms with Crippen LogP contribution >= 0.6 is 0 Å². The van der Waals surface area contributed by atoms with Gasteiger partial charge in [0.25, 0.3) is 0 Å². The summed E-state index contributed by atoms with van der Waals surface area (Å²) in [7, 11) is 0. The molecule has 0 aliphatic carbocycles. The summed E-state index contributed by atoms with van der Waals surface area (Å²) in [6.45, 7) is 14.2. The third-order valence-corrected chi connectivity index (χ3v) is 12.9. The molecule has 6 aromatic carbocycles. The van der Waals surface area contributed by atoms with E-state index in [1.807, 2.05) is 105 Å². The predicted octanol–water partition coefficient (Wildman–Crippen LogP) is 14.5. The molecule has 0 N–H and O–H groups in total. The van der Waals surface area contributed by atoms with Gasteiger partial charge in [-0.2, -0.15) is 5.10 Å². The van der Waals surface area contributed by atoms with Crippen LogP contribution in [-0.2, 0) is 35.6 Å². The maximum absolute atomic E-state index is 9.31. The number of para-hydroxylation sites is 2. The summed E-state index contributed by atoms with van der Waals surface area (Å²) in [5.41, 5.74) is 4.46. The van der Waals surface area contributed by atoms with Crippen LogP contribution in [0.5, 0.6) is 11.5 Å². The zero-order chi connectivity index (χ0) is 58.2. The number of hydrogen-bond donors (Lipinski definition) is 0. The Balaban J connectivity index is 1.20. The van der Waals surface area contributed by atoms with Gasteiger partial charge >= 0.3 is 341 Å². The van der Waals surface area contributed by atoms with E-state index in [4.69, 9.17) is 27.2 Å². The van der Waals surface area contributed by atoms with E-state index >= 15 is 0 Å². The normalized spacial score (nSPS) is 15.9. The summed E-state index contributed by atoms with van der Waals surface area (Å²) in [4.78, 5) is 6.42. The van der Waals surface area contributed by atoms with Crippen molar-refractivity contribution >= 4 is 29.5 Å². The molecule has 1 aliphatic rings. The van der Waals surface area contributed by atoms with Crippen LogP contribution in [0, 0.1) is 15.9 Å². The molecule has 0 unspecified atom stereocenters. The van der Waals surface area contributed by atoms with Gasteiger partial charge in [-0.25, -0.2) is 0 Å². The van der Waals surface area contributed by atoms with Crippen LogP contribution in [0.2, 0.25) is 6.75 Å². The second kappa shape index (κ2) is 16.7. The molecule has 7 nitrogen and oxygen atoms in total. The van der Waals surface area contributed by atoms with Gasteiger partial charge in [0.1, 0.15) is 0 Å². The molecule has 9 heteroatoms. The van der Waals surface area contributed by atoms with E-state index in [1.54, 1.807) is 45.9 Å². The number of anilines is 2. The molecule has 0 saturated heterocycles. The van der Waals surface area contributed by atoms with Crippen LogP contribution in [-0.4, -0.2) is 30.8 Å². The van der Waals surface area contributed by atoms with Crippen molar-refractivity contribution in [1.82, 2.24) is 23.8 Å². The summed E-state index contributed by atoms with van der Waals surface area (Å²) >= 11 is 2.13. The van der Waals surface area contributed by atoms with Gasteiger partial charge < -0.3 is 0 Å². The fraction of sp³-hybridized carbons (Fsp3) is 0.224. The van der Waals surface area contributed by atoms with Crippen LogP contribution < -0.4 is 9.55 Å². The van der Waals surface area contributed by atoms with Gasteiger partial charge in [-0.05, 0) is 17.0 Å². The fourth-order valence-corrected chi connectivity index (χ4v) is 9.39. The van der Waals surface area contributed by atoms with Gasteiger partial charge in [-0.3, -0.25) is 0 Å². The molecule has 10 rings (SSSR count). The molecule has 0 atom stereocenters. The number of aromatic nitrogens is 5. The summed E-state index contributed by atoms with van der Waals surface area (Å²) in [5, 5.41) is 4.94. The van der Waals surface area contributed by atoms with Crippen LogP contribution in [0.25, 0.3) is 55.9 Å². The Morgan fingerprint density at radius 3 is 1.88 bits per heavy atom. The molecule has 3 aromatic heterocycles. The standard InChI is InChI=1S/C58H55BN6O.Pt/c1-56(2,3)41-30-31-60-54(34-41)64-51-36-45(28-29-46(51)52-37-53(58(7,8)9)61-65(52)59(64)10)66-44-25-19-24-43(35-44)62-38-63(50-27-18-17-26-49(50)62)55-47(39-20-13-11-14-21-39)32-42(57(4,5)6)33-48(55)40-22-15-12-16-23-40;/h11-34,37H,1-10H3;/q-2;/i10D3,11D,12D,13D,14D,15D,16D,20D,21D,22D,23D;. The molecule has 0 spiro atoms. The molecular formula is C58H55BN6OPt-2. The van der Waals surface area contributed by atoms with Gasteiger partial charge in [-0.1, -0.05) is 41.5 Å². The summed E-state index contributed by atoms with van der Waals surface area (Å²) < 4.78 is 129. The van der Waals surface area contributed by atoms with E-state index < -0.39 is 85.0 Å². The van der Waals surface area contributed by atoms with Gasteiger partial charge in [0.05, 0.1) is 5.69 Å². The first kappa shape index (κ1) is 31.5. The molecule has 9 aromatic rings. The molecule has 1 aliphatic heterocycles. The van der Waals surface area contributed by atoms with Crippen molar-refractivity contribution in [3.63, 3.8) is 0 Å². The third-order valence-electron chi connectivity index (χ3n) is 11.9. The quantitative estimate of drug-likeness (QED) is 0.118. The van der Waals surface area contributed by atoms with E-state index in [9.17, 15) is 5.48 Å². The Morgan fingerprint density at radius 2 is 1.27 bits per heavy atom. The van der Waals surface area contributed by atoms with Crippen molar-refractivity contribution in [1.29, 1.82) is 0 Å². The number of rotatable bonds is 7. The van der Waals surface area contributed by atoms with Crippen LogP contribution in [0.15, 0.2) is 152 Å². The van der Waals surface area contributed by atoms with Crippen molar-refractivity contribution < 1.29 is 41.9 Å². The Labute approximate surface area is 424 Å². The van der Waals surface area contributed by atoms with Crippen LogP contribution in [0.1, 0.15) is 97.0 Å². The van der Waals surface area contributed by atoms with Crippen molar-refractivity contribution in [2.45, 2.75) is 85.3 Å². The second-order valence-electron chi connectivity index (χ2n) is 19.7. The molecule has 0 bridgehead atoms. The molecule has 4 heterocycles. The van der Waals surface area contributed by atoms with E-state index in [0.29, 0.717) is 54.5 Å². The van der Waals surface area contributed by atoms with E-state index in [0.717, 1.165) is 5.56 Å². The fourth-order valence-electron chi connectivity index (χ4n) is 8.31. The van der Waals surface area contributed by atoms with Gasteiger partial charge in [0.2, 0.25) is 0 Å². The summed E-state index contributed by atoms with van der Waals surface area (Å²) in [6, 6.07) is 27.0. The number of ether oxygens (including phenoxy) is 1. The first-order valence-electron chi connectivity index (χ1n) is 28.5. The number of fused-ring (bicyclic) bond motifs is 4.